The van der Waals surface area contributed by atoms with Gasteiger partial charge in [-0.3, -0.25) is 0 Å². The SMILES string of the molecule is CCNC(CSc1cccc(Br)c1)Cc1ccco1. The molecular formula is C15H18BrNOS. The van der Waals surface area contributed by atoms with Crippen molar-refractivity contribution in [2.24, 2.45) is 0 Å². The maximum Gasteiger partial charge on any atom is 0.105 e. The molecule has 0 bridgehead atoms. The average molecular weight is 340 g/mol. The lowest BCUT2D eigenvalue weighted by Gasteiger charge is -2.16. The number of furan rings is 1. The normalized spacial score (nSPS) is 12.5. The van der Waals surface area contributed by atoms with Crippen molar-refractivity contribution in [3.05, 3.63) is 52.9 Å². The van der Waals surface area contributed by atoms with Crippen LogP contribution in [0.4, 0.5) is 0 Å². The molecule has 2 aromatic rings. The molecule has 2 nitrogen and oxygen atoms in total. The van der Waals surface area contributed by atoms with Gasteiger partial charge < -0.3 is 9.73 Å². The first-order valence-corrected chi connectivity index (χ1v) is 8.20. The average Bonchev–Trinajstić information content (AvgIpc) is 2.89. The summed E-state index contributed by atoms with van der Waals surface area (Å²) in [4.78, 5) is 1.29. The molecule has 0 radical (unpaired) electrons. The van der Waals surface area contributed by atoms with Crippen LogP contribution < -0.4 is 5.32 Å². The van der Waals surface area contributed by atoms with E-state index in [0.717, 1.165) is 29.0 Å². The monoisotopic (exact) mass is 339 g/mol. The van der Waals surface area contributed by atoms with Crippen molar-refractivity contribution in [2.75, 3.05) is 12.3 Å². The fraction of sp³-hybridized carbons (Fsp3) is 0.333. The topological polar surface area (TPSA) is 25.2 Å². The van der Waals surface area contributed by atoms with Crippen molar-refractivity contribution >= 4 is 27.7 Å². The first-order chi connectivity index (χ1) is 9.28. The Morgan fingerprint density at radius 2 is 2.21 bits per heavy atom. The van der Waals surface area contributed by atoms with Gasteiger partial charge in [0, 0.05) is 27.6 Å². The molecule has 19 heavy (non-hydrogen) atoms. The Kier molecular flexibility index (Phi) is 6.01. The van der Waals surface area contributed by atoms with Gasteiger partial charge in [-0.1, -0.05) is 28.9 Å². The number of thioether (sulfide) groups is 1. The van der Waals surface area contributed by atoms with Gasteiger partial charge in [0.15, 0.2) is 0 Å². The van der Waals surface area contributed by atoms with Crippen molar-refractivity contribution < 1.29 is 4.42 Å². The summed E-state index contributed by atoms with van der Waals surface area (Å²) in [6, 6.07) is 12.8. The van der Waals surface area contributed by atoms with Gasteiger partial charge in [0.2, 0.25) is 0 Å². The van der Waals surface area contributed by atoms with E-state index in [2.05, 4.69) is 52.4 Å². The van der Waals surface area contributed by atoms with E-state index >= 15 is 0 Å². The Morgan fingerprint density at radius 3 is 2.89 bits per heavy atom. The largest absolute Gasteiger partial charge is 0.469 e. The van der Waals surface area contributed by atoms with E-state index in [1.807, 2.05) is 23.9 Å². The second kappa shape index (κ2) is 7.78. The molecule has 0 amide bonds. The predicted octanol–water partition coefficient (Wildman–Crippen LogP) is 4.36. The Balaban J connectivity index is 1.89. The molecule has 0 saturated carbocycles. The number of likely N-dealkylation sites (N-methyl/N-ethyl adjacent to an activating group) is 1. The summed E-state index contributed by atoms with van der Waals surface area (Å²) in [5.41, 5.74) is 0. The zero-order chi connectivity index (χ0) is 13.5. The molecule has 0 aliphatic rings. The number of halogens is 1. The molecular weight excluding hydrogens is 322 g/mol. The minimum absolute atomic E-state index is 0.431. The Labute approximate surface area is 127 Å². The third-order valence-electron chi connectivity index (χ3n) is 2.77. The maximum atomic E-state index is 5.42. The molecule has 1 N–H and O–H groups in total. The van der Waals surface area contributed by atoms with E-state index in [1.165, 1.54) is 4.90 Å². The molecule has 0 aliphatic heterocycles. The van der Waals surface area contributed by atoms with Gasteiger partial charge in [0.05, 0.1) is 6.26 Å². The van der Waals surface area contributed by atoms with Gasteiger partial charge in [-0.25, -0.2) is 0 Å². The molecule has 1 aromatic heterocycles. The summed E-state index contributed by atoms with van der Waals surface area (Å²) >= 11 is 5.37. The van der Waals surface area contributed by atoms with Crippen molar-refractivity contribution in [3.8, 4) is 0 Å². The van der Waals surface area contributed by atoms with Crippen LogP contribution in [0.5, 0.6) is 0 Å². The molecule has 1 heterocycles. The highest BCUT2D eigenvalue weighted by Gasteiger charge is 2.10. The van der Waals surface area contributed by atoms with Crippen LogP contribution in [0, 0.1) is 0 Å². The van der Waals surface area contributed by atoms with Crippen LogP contribution in [0.15, 0.2) is 56.4 Å². The molecule has 1 aromatic carbocycles. The van der Waals surface area contributed by atoms with Gasteiger partial charge in [-0.05, 0) is 36.9 Å². The second-order valence-electron chi connectivity index (χ2n) is 4.31. The van der Waals surface area contributed by atoms with Crippen LogP contribution in [0.25, 0.3) is 0 Å². The first kappa shape index (κ1) is 14.7. The lowest BCUT2D eigenvalue weighted by atomic mass is 10.2. The van der Waals surface area contributed by atoms with Crippen LogP contribution in [0.1, 0.15) is 12.7 Å². The summed E-state index contributed by atoms with van der Waals surface area (Å²) in [7, 11) is 0. The molecule has 1 unspecified atom stereocenters. The lowest BCUT2D eigenvalue weighted by Crippen LogP contribution is -2.33. The van der Waals surface area contributed by atoms with Crippen LogP contribution in [-0.4, -0.2) is 18.3 Å². The van der Waals surface area contributed by atoms with Gasteiger partial charge in [-0.15, -0.1) is 11.8 Å². The van der Waals surface area contributed by atoms with Gasteiger partial charge in [0.1, 0.15) is 5.76 Å². The number of benzene rings is 1. The quantitative estimate of drug-likeness (QED) is 0.759. The fourth-order valence-electron chi connectivity index (χ4n) is 1.90. The molecule has 4 heteroatoms. The third-order valence-corrected chi connectivity index (χ3v) is 4.42. The molecule has 1 atom stereocenters. The van der Waals surface area contributed by atoms with Gasteiger partial charge in [-0.2, -0.15) is 0 Å². The summed E-state index contributed by atoms with van der Waals surface area (Å²) < 4.78 is 6.55. The van der Waals surface area contributed by atoms with Crippen molar-refractivity contribution in [1.29, 1.82) is 0 Å². The molecule has 0 saturated heterocycles. The van der Waals surface area contributed by atoms with E-state index in [9.17, 15) is 0 Å². The van der Waals surface area contributed by atoms with Crippen molar-refractivity contribution in [2.45, 2.75) is 24.3 Å². The smallest absolute Gasteiger partial charge is 0.105 e. The van der Waals surface area contributed by atoms with E-state index < -0.39 is 0 Å². The second-order valence-corrected chi connectivity index (χ2v) is 6.32. The maximum absolute atomic E-state index is 5.42. The minimum Gasteiger partial charge on any atom is -0.469 e. The van der Waals surface area contributed by atoms with E-state index in [1.54, 1.807) is 6.26 Å². The van der Waals surface area contributed by atoms with Crippen LogP contribution >= 0.6 is 27.7 Å². The number of rotatable bonds is 7. The van der Waals surface area contributed by atoms with E-state index in [0.29, 0.717) is 6.04 Å². The van der Waals surface area contributed by atoms with E-state index in [-0.39, 0.29) is 0 Å². The highest BCUT2D eigenvalue weighted by Crippen LogP contribution is 2.23. The summed E-state index contributed by atoms with van der Waals surface area (Å²) in [6.45, 7) is 3.11. The molecule has 0 aliphatic carbocycles. The highest BCUT2D eigenvalue weighted by atomic mass is 79.9. The predicted molar refractivity (Wildman–Crippen MR) is 84.7 cm³/mol. The minimum atomic E-state index is 0.431. The number of nitrogens with one attached hydrogen (secondary N) is 1. The standard InChI is InChI=1S/C15H18BrNOS/c1-2-17-13(10-14-6-4-8-18-14)11-19-15-7-3-5-12(16)9-15/h3-9,13,17H,2,10-11H2,1H3. The fourth-order valence-corrected chi connectivity index (χ4v) is 3.47. The van der Waals surface area contributed by atoms with Crippen molar-refractivity contribution in [3.63, 3.8) is 0 Å². The van der Waals surface area contributed by atoms with Crippen LogP contribution in [-0.2, 0) is 6.42 Å². The van der Waals surface area contributed by atoms with Crippen LogP contribution in [0.2, 0.25) is 0 Å². The Bertz CT molecular complexity index is 487. The van der Waals surface area contributed by atoms with Crippen molar-refractivity contribution in [1.82, 2.24) is 5.32 Å². The molecule has 0 fully saturated rings. The van der Waals surface area contributed by atoms with Gasteiger partial charge >= 0.3 is 0 Å². The highest BCUT2D eigenvalue weighted by molar-refractivity contribution is 9.10. The third kappa shape index (κ3) is 5.05. The first-order valence-electron chi connectivity index (χ1n) is 6.42. The Morgan fingerprint density at radius 1 is 1.32 bits per heavy atom. The molecule has 2 rings (SSSR count). The lowest BCUT2D eigenvalue weighted by molar-refractivity contribution is 0.465. The summed E-state index contributed by atoms with van der Waals surface area (Å²) in [5, 5.41) is 3.51. The molecule has 0 spiro atoms. The van der Waals surface area contributed by atoms with Crippen LogP contribution in [0.3, 0.4) is 0 Å². The summed E-state index contributed by atoms with van der Waals surface area (Å²) in [6.07, 6.45) is 2.67. The zero-order valence-electron chi connectivity index (χ0n) is 10.9. The summed E-state index contributed by atoms with van der Waals surface area (Å²) in [5.74, 6) is 2.08. The molecule has 102 valence electrons. The number of hydrogen-bond donors (Lipinski definition) is 1. The Hall–Kier alpha value is -0.710. The van der Waals surface area contributed by atoms with E-state index in [4.69, 9.17) is 4.42 Å². The zero-order valence-corrected chi connectivity index (χ0v) is 13.3. The van der Waals surface area contributed by atoms with Gasteiger partial charge in [0.25, 0.3) is 0 Å². The number of hydrogen-bond acceptors (Lipinski definition) is 3.